The molecule has 53 heavy (non-hydrogen) atoms. The van der Waals surface area contributed by atoms with Crippen LogP contribution < -0.4 is 5.32 Å². The standard InChI is InChI=1S/C47H76N2O4/c1-6-7-8-9-10-11-12-13-14-15-16-17-18-19-20-21-22-23-44(53)49(5)33-32-48-43(52)27-24-36(2)39-25-26-40-45-41(29-31-47(39,40)4)46(3)30-28-38(50)34-37(46)35-42(45)51/h7-8,10-11,13-14,16-17,19-20,36-42,45,50-51H,6,9,12,15,18,21-35H2,1-5H3,(H,48,52). The second-order valence-electron chi connectivity index (χ2n) is 17.7. The van der Waals surface area contributed by atoms with E-state index in [1.54, 1.807) is 4.90 Å². The molecule has 0 radical (unpaired) electrons. The molecule has 298 valence electrons. The molecule has 6 heteroatoms. The lowest BCUT2D eigenvalue weighted by Crippen LogP contribution is -2.58. The normalized spacial score (nSPS) is 33.5. The Morgan fingerprint density at radius 2 is 1.40 bits per heavy atom. The molecule has 10 unspecified atom stereocenters. The van der Waals surface area contributed by atoms with Crippen LogP contribution in [0.1, 0.15) is 143 Å². The average molecular weight is 733 g/mol. The van der Waals surface area contributed by atoms with Gasteiger partial charge in [0.25, 0.3) is 0 Å². The van der Waals surface area contributed by atoms with Crippen molar-refractivity contribution in [2.24, 2.45) is 46.3 Å². The number of likely N-dealkylation sites (N-methyl/N-ethyl adjacent to an activating group) is 1. The number of nitrogens with one attached hydrogen (secondary N) is 1. The van der Waals surface area contributed by atoms with Gasteiger partial charge in [-0.05, 0) is 149 Å². The maximum atomic E-state index is 12.9. The quantitative estimate of drug-likeness (QED) is 0.0859. The zero-order chi connectivity index (χ0) is 38.3. The summed E-state index contributed by atoms with van der Waals surface area (Å²) in [5, 5.41) is 25.0. The van der Waals surface area contributed by atoms with Crippen LogP contribution in [0.25, 0.3) is 0 Å². The predicted octanol–water partition coefficient (Wildman–Crippen LogP) is 9.89. The van der Waals surface area contributed by atoms with Gasteiger partial charge >= 0.3 is 0 Å². The van der Waals surface area contributed by atoms with Crippen molar-refractivity contribution in [3.8, 4) is 0 Å². The van der Waals surface area contributed by atoms with Gasteiger partial charge in [-0.3, -0.25) is 9.59 Å². The first kappa shape index (κ1) is 43.3. The number of rotatable bonds is 20. The van der Waals surface area contributed by atoms with E-state index in [4.69, 9.17) is 0 Å². The third kappa shape index (κ3) is 12.0. The number of amides is 2. The molecule has 0 heterocycles. The minimum absolute atomic E-state index is 0.0839. The number of allylic oxidation sites excluding steroid dienone is 10. The summed E-state index contributed by atoms with van der Waals surface area (Å²) in [6.07, 6.45) is 38.7. The lowest BCUT2D eigenvalue weighted by Gasteiger charge is -2.62. The summed E-state index contributed by atoms with van der Waals surface area (Å²) < 4.78 is 0. The number of unbranched alkanes of at least 4 members (excludes halogenated alkanes) is 1. The summed E-state index contributed by atoms with van der Waals surface area (Å²) in [5.74, 6) is 3.22. The molecule has 4 saturated carbocycles. The van der Waals surface area contributed by atoms with Gasteiger partial charge in [0.1, 0.15) is 0 Å². The molecule has 0 aromatic heterocycles. The van der Waals surface area contributed by atoms with Crippen molar-refractivity contribution in [2.75, 3.05) is 20.1 Å². The SMILES string of the molecule is CCC=CCC=CCC=CCC=CCC=CCCCC(=O)N(C)CCNC(=O)CCC(C)C1CCC2C3C(O)CC4CC(O)CCC4(C)C3CCC12C. The molecule has 0 spiro atoms. The number of carbonyl (C=O) groups is 2. The van der Waals surface area contributed by atoms with Crippen LogP contribution in [0.4, 0.5) is 0 Å². The number of hydrogen-bond acceptors (Lipinski definition) is 4. The van der Waals surface area contributed by atoms with Crippen molar-refractivity contribution in [2.45, 2.75) is 155 Å². The number of nitrogens with zero attached hydrogens (tertiary/aromatic N) is 1. The molecule has 0 aromatic rings. The Bertz CT molecular complexity index is 1280. The molecule has 0 bridgehead atoms. The van der Waals surface area contributed by atoms with Gasteiger partial charge in [-0.15, -0.1) is 0 Å². The van der Waals surface area contributed by atoms with Crippen molar-refractivity contribution in [3.63, 3.8) is 0 Å². The Kier molecular flexibility index (Phi) is 17.6. The average Bonchev–Trinajstić information content (AvgIpc) is 3.49. The lowest BCUT2D eigenvalue weighted by molar-refractivity contribution is -0.174. The molecular formula is C47H76N2O4. The van der Waals surface area contributed by atoms with Crippen molar-refractivity contribution in [1.82, 2.24) is 10.2 Å². The highest BCUT2D eigenvalue weighted by atomic mass is 16.3. The minimum atomic E-state index is -0.248. The fraction of sp³-hybridized carbons (Fsp3) is 0.745. The first-order valence-electron chi connectivity index (χ1n) is 21.6. The van der Waals surface area contributed by atoms with Crippen molar-refractivity contribution >= 4 is 11.8 Å². The van der Waals surface area contributed by atoms with Crippen LogP contribution in [0.3, 0.4) is 0 Å². The molecule has 0 aromatic carbocycles. The van der Waals surface area contributed by atoms with E-state index in [1.807, 2.05) is 7.05 Å². The largest absolute Gasteiger partial charge is 0.393 e. The van der Waals surface area contributed by atoms with Crippen LogP contribution >= 0.6 is 0 Å². The third-order valence-corrected chi connectivity index (χ3v) is 14.4. The Balaban J connectivity index is 1.06. The van der Waals surface area contributed by atoms with E-state index in [9.17, 15) is 19.8 Å². The maximum absolute atomic E-state index is 12.9. The smallest absolute Gasteiger partial charge is 0.222 e. The van der Waals surface area contributed by atoms with Gasteiger partial charge in [0.15, 0.2) is 0 Å². The summed E-state index contributed by atoms with van der Waals surface area (Å²) in [6, 6.07) is 0. The highest BCUT2D eigenvalue weighted by molar-refractivity contribution is 5.77. The van der Waals surface area contributed by atoms with E-state index >= 15 is 0 Å². The number of aliphatic hydroxyl groups is 2. The predicted molar refractivity (Wildman–Crippen MR) is 220 cm³/mol. The Hall–Kier alpha value is -2.44. The molecule has 0 saturated heterocycles. The number of carbonyl (C=O) groups excluding carboxylic acids is 2. The van der Waals surface area contributed by atoms with Crippen molar-refractivity contribution in [3.05, 3.63) is 60.8 Å². The maximum Gasteiger partial charge on any atom is 0.222 e. The monoisotopic (exact) mass is 733 g/mol. The highest BCUT2D eigenvalue weighted by Gasteiger charge is 2.62. The number of fused-ring (bicyclic) bond motifs is 5. The van der Waals surface area contributed by atoms with Crippen molar-refractivity contribution < 1.29 is 19.8 Å². The summed E-state index contributed by atoms with van der Waals surface area (Å²) >= 11 is 0. The Morgan fingerprint density at radius 3 is 2.06 bits per heavy atom. The molecule has 4 aliphatic carbocycles. The summed E-state index contributed by atoms with van der Waals surface area (Å²) in [5.41, 5.74) is 0.480. The van der Waals surface area contributed by atoms with Crippen LogP contribution in [0.2, 0.25) is 0 Å². The Morgan fingerprint density at radius 1 is 0.792 bits per heavy atom. The minimum Gasteiger partial charge on any atom is -0.393 e. The van der Waals surface area contributed by atoms with E-state index in [0.29, 0.717) is 61.4 Å². The van der Waals surface area contributed by atoms with Crippen LogP contribution in [0.5, 0.6) is 0 Å². The van der Waals surface area contributed by atoms with Gasteiger partial charge in [-0.25, -0.2) is 0 Å². The molecule has 10 atom stereocenters. The fourth-order valence-corrected chi connectivity index (χ4v) is 11.2. The molecule has 0 aliphatic heterocycles. The summed E-state index contributed by atoms with van der Waals surface area (Å²) in [6.45, 7) is 10.5. The third-order valence-electron chi connectivity index (χ3n) is 14.4. The number of hydrogen-bond donors (Lipinski definition) is 3. The van der Waals surface area contributed by atoms with E-state index in [-0.39, 0.29) is 34.9 Å². The zero-order valence-corrected chi connectivity index (χ0v) is 34.2. The second kappa shape index (κ2) is 21.6. The zero-order valence-electron chi connectivity index (χ0n) is 34.2. The van der Waals surface area contributed by atoms with Gasteiger partial charge in [0.2, 0.25) is 11.8 Å². The molecule has 4 aliphatic rings. The van der Waals surface area contributed by atoms with Gasteiger partial charge < -0.3 is 20.4 Å². The molecule has 4 rings (SSSR count). The van der Waals surface area contributed by atoms with Gasteiger partial charge in [0.05, 0.1) is 12.2 Å². The van der Waals surface area contributed by atoms with Gasteiger partial charge in [-0.1, -0.05) is 88.5 Å². The first-order chi connectivity index (χ1) is 25.5. The van der Waals surface area contributed by atoms with E-state index in [0.717, 1.165) is 77.0 Å². The van der Waals surface area contributed by atoms with Crippen LogP contribution in [0, 0.1) is 46.3 Å². The van der Waals surface area contributed by atoms with Crippen LogP contribution in [-0.2, 0) is 9.59 Å². The first-order valence-corrected chi connectivity index (χ1v) is 21.6. The highest BCUT2D eigenvalue weighted by Crippen LogP contribution is 2.68. The molecule has 3 N–H and O–H groups in total. The molecule has 4 fully saturated rings. The molecular weight excluding hydrogens is 657 g/mol. The van der Waals surface area contributed by atoms with Crippen LogP contribution in [0.15, 0.2) is 60.8 Å². The van der Waals surface area contributed by atoms with E-state index in [1.165, 1.54) is 25.7 Å². The van der Waals surface area contributed by atoms with Crippen LogP contribution in [-0.4, -0.2) is 59.3 Å². The van der Waals surface area contributed by atoms with E-state index < -0.39 is 0 Å². The van der Waals surface area contributed by atoms with Gasteiger partial charge in [-0.2, -0.15) is 0 Å². The Labute approximate surface area is 323 Å². The van der Waals surface area contributed by atoms with Gasteiger partial charge in [0, 0.05) is 33.0 Å². The lowest BCUT2D eigenvalue weighted by atomic mass is 9.43. The summed E-state index contributed by atoms with van der Waals surface area (Å²) in [4.78, 5) is 27.2. The number of aliphatic hydroxyl groups excluding tert-OH is 2. The van der Waals surface area contributed by atoms with E-state index in [2.05, 4.69) is 93.8 Å². The summed E-state index contributed by atoms with van der Waals surface area (Å²) in [7, 11) is 1.83. The second-order valence-corrected chi connectivity index (χ2v) is 17.7. The fourth-order valence-electron chi connectivity index (χ4n) is 11.2. The van der Waals surface area contributed by atoms with Crippen molar-refractivity contribution in [1.29, 1.82) is 0 Å². The molecule has 2 amide bonds. The topological polar surface area (TPSA) is 89.9 Å². The molecule has 6 nitrogen and oxygen atoms in total.